The molecule has 0 atom stereocenters. The molecule has 0 bridgehead atoms. The molecular formula is C19H18ClNO5. The first kappa shape index (κ1) is 19.3. The van der Waals surface area contributed by atoms with Crippen LogP contribution in [0.25, 0.3) is 6.08 Å². The first-order valence-electron chi connectivity index (χ1n) is 7.62. The summed E-state index contributed by atoms with van der Waals surface area (Å²) in [6.45, 7) is 1.30. The van der Waals surface area contributed by atoms with Crippen molar-refractivity contribution in [3.63, 3.8) is 0 Å². The third kappa shape index (κ3) is 5.00. The number of rotatable bonds is 6. The van der Waals surface area contributed by atoms with Crippen molar-refractivity contribution in [2.75, 3.05) is 19.5 Å². The van der Waals surface area contributed by atoms with Gasteiger partial charge in [0.2, 0.25) is 5.91 Å². The van der Waals surface area contributed by atoms with E-state index in [0.29, 0.717) is 27.8 Å². The van der Waals surface area contributed by atoms with E-state index in [9.17, 15) is 9.59 Å². The van der Waals surface area contributed by atoms with Gasteiger partial charge in [0.1, 0.15) is 0 Å². The van der Waals surface area contributed by atoms with Gasteiger partial charge in [-0.1, -0.05) is 23.7 Å². The fourth-order valence-electron chi connectivity index (χ4n) is 2.19. The van der Waals surface area contributed by atoms with E-state index < -0.39 is 5.97 Å². The van der Waals surface area contributed by atoms with Gasteiger partial charge < -0.3 is 19.5 Å². The molecule has 1 amide bonds. The smallest absolute Gasteiger partial charge is 0.308 e. The number of anilines is 1. The van der Waals surface area contributed by atoms with E-state index in [0.717, 1.165) is 0 Å². The number of carbonyl (C=O) groups is 2. The van der Waals surface area contributed by atoms with Crippen LogP contribution >= 0.6 is 11.6 Å². The van der Waals surface area contributed by atoms with Crippen molar-refractivity contribution in [3.8, 4) is 17.2 Å². The standard InChI is InChI=1S/C19H18ClNO5/c1-12(22)26-17-11-13(7-9-16(17)24-2)8-10-18(23)21-15-6-4-5-14(20)19(15)25-3/h4-11H,1-3H3,(H,21,23)/b10-8+. The second-order valence-corrected chi connectivity index (χ2v) is 5.55. The lowest BCUT2D eigenvalue weighted by Gasteiger charge is -2.10. The molecule has 2 rings (SSSR count). The van der Waals surface area contributed by atoms with Crippen molar-refractivity contribution >= 4 is 35.2 Å². The summed E-state index contributed by atoms with van der Waals surface area (Å²) in [7, 11) is 2.95. The number of esters is 1. The second-order valence-electron chi connectivity index (χ2n) is 5.15. The third-order valence-electron chi connectivity index (χ3n) is 3.30. The Hall–Kier alpha value is -2.99. The lowest BCUT2D eigenvalue weighted by Crippen LogP contribution is -2.09. The molecule has 26 heavy (non-hydrogen) atoms. The summed E-state index contributed by atoms with van der Waals surface area (Å²) >= 11 is 6.03. The lowest BCUT2D eigenvalue weighted by atomic mass is 10.2. The van der Waals surface area contributed by atoms with Gasteiger partial charge in [0.25, 0.3) is 0 Å². The largest absolute Gasteiger partial charge is 0.493 e. The molecule has 0 saturated heterocycles. The average Bonchev–Trinajstić information content (AvgIpc) is 2.60. The Kier molecular flexibility index (Phi) is 6.63. The quantitative estimate of drug-likeness (QED) is 0.470. The Bertz CT molecular complexity index is 848. The van der Waals surface area contributed by atoms with Crippen molar-refractivity contribution in [1.29, 1.82) is 0 Å². The van der Waals surface area contributed by atoms with E-state index in [1.807, 2.05) is 0 Å². The number of hydrogen-bond acceptors (Lipinski definition) is 5. The molecule has 7 heteroatoms. The number of halogens is 1. The van der Waals surface area contributed by atoms with E-state index in [1.54, 1.807) is 42.5 Å². The van der Waals surface area contributed by atoms with Gasteiger partial charge in [-0.05, 0) is 35.9 Å². The molecule has 0 saturated carbocycles. The lowest BCUT2D eigenvalue weighted by molar-refractivity contribution is -0.132. The third-order valence-corrected chi connectivity index (χ3v) is 3.60. The van der Waals surface area contributed by atoms with Crippen LogP contribution in [0.2, 0.25) is 5.02 Å². The van der Waals surface area contributed by atoms with E-state index in [-0.39, 0.29) is 11.7 Å². The first-order chi connectivity index (χ1) is 12.4. The number of para-hydroxylation sites is 1. The zero-order valence-corrected chi connectivity index (χ0v) is 15.3. The Labute approximate surface area is 156 Å². The van der Waals surface area contributed by atoms with Gasteiger partial charge in [-0.2, -0.15) is 0 Å². The zero-order chi connectivity index (χ0) is 19.1. The molecule has 1 N–H and O–H groups in total. The van der Waals surface area contributed by atoms with Gasteiger partial charge in [0, 0.05) is 13.0 Å². The molecular weight excluding hydrogens is 358 g/mol. The van der Waals surface area contributed by atoms with Crippen LogP contribution in [0.3, 0.4) is 0 Å². The summed E-state index contributed by atoms with van der Waals surface area (Å²) in [5, 5.41) is 3.10. The zero-order valence-electron chi connectivity index (χ0n) is 14.5. The van der Waals surface area contributed by atoms with Gasteiger partial charge in [0.05, 0.1) is 24.9 Å². The van der Waals surface area contributed by atoms with Crippen molar-refractivity contribution in [2.45, 2.75) is 6.92 Å². The summed E-state index contributed by atoms with van der Waals surface area (Å²) in [5.41, 5.74) is 1.13. The van der Waals surface area contributed by atoms with Crippen LogP contribution in [0.4, 0.5) is 5.69 Å². The first-order valence-corrected chi connectivity index (χ1v) is 8.00. The predicted molar refractivity (Wildman–Crippen MR) is 100.0 cm³/mol. The molecule has 6 nitrogen and oxygen atoms in total. The van der Waals surface area contributed by atoms with Crippen LogP contribution < -0.4 is 19.5 Å². The summed E-state index contributed by atoms with van der Waals surface area (Å²) in [6.07, 6.45) is 2.93. The monoisotopic (exact) mass is 375 g/mol. The average molecular weight is 376 g/mol. The Morgan fingerprint density at radius 3 is 2.50 bits per heavy atom. The van der Waals surface area contributed by atoms with E-state index in [2.05, 4.69) is 5.32 Å². The molecule has 0 heterocycles. The summed E-state index contributed by atoms with van der Waals surface area (Å²) in [6, 6.07) is 10.0. The van der Waals surface area contributed by atoms with Crippen molar-refractivity contribution in [3.05, 3.63) is 53.1 Å². The molecule has 2 aromatic rings. The maximum atomic E-state index is 12.1. The van der Waals surface area contributed by atoms with Crippen LogP contribution in [0.15, 0.2) is 42.5 Å². The van der Waals surface area contributed by atoms with Crippen molar-refractivity contribution in [2.24, 2.45) is 0 Å². The van der Waals surface area contributed by atoms with Crippen LogP contribution in [0.5, 0.6) is 17.2 Å². The highest BCUT2D eigenvalue weighted by Gasteiger charge is 2.10. The summed E-state index contributed by atoms with van der Waals surface area (Å²) in [4.78, 5) is 23.3. The van der Waals surface area contributed by atoms with Gasteiger partial charge in [-0.25, -0.2) is 0 Å². The SMILES string of the molecule is COc1ccc(/C=C/C(=O)Nc2cccc(Cl)c2OC)cc1OC(C)=O. The maximum Gasteiger partial charge on any atom is 0.308 e. The molecule has 0 aliphatic rings. The topological polar surface area (TPSA) is 73.9 Å². The number of methoxy groups -OCH3 is 2. The summed E-state index contributed by atoms with van der Waals surface area (Å²) in [5.74, 6) is 0.257. The van der Waals surface area contributed by atoms with Gasteiger partial charge in [-0.3, -0.25) is 9.59 Å². The van der Waals surface area contributed by atoms with Crippen LogP contribution in [0, 0.1) is 0 Å². The Morgan fingerprint density at radius 2 is 1.85 bits per heavy atom. The number of nitrogens with one attached hydrogen (secondary N) is 1. The number of carbonyl (C=O) groups excluding carboxylic acids is 2. The van der Waals surface area contributed by atoms with Gasteiger partial charge in [0.15, 0.2) is 17.2 Å². The highest BCUT2D eigenvalue weighted by Crippen LogP contribution is 2.32. The molecule has 0 unspecified atom stereocenters. The molecule has 0 radical (unpaired) electrons. The highest BCUT2D eigenvalue weighted by molar-refractivity contribution is 6.32. The number of amides is 1. The molecule has 0 aromatic heterocycles. The number of ether oxygens (including phenoxy) is 3. The molecule has 0 aliphatic carbocycles. The minimum atomic E-state index is -0.463. The Morgan fingerprint density at radius 1 is 1.08 bits per heavy atom. The molecule has 0 spiro atoms. The predicted octanol–water partition coefficient (Wildman–Crippen LogP) is 3.93. The van der Waals surface area contributed by atoms with E-state index >= 15 is 0 Å². The second kappa shape index (κ2) is 8.92. The number of hydrogen-bond donors (Lipinski definition) is 1. The number of benzene rings is 2. The molecule has 136 valence electrons. The highest BCUT2D eigenvalue weighted by atomic mass is 35.5. The van der Waals surface area contributed by atoms with Crippen LogP contribution in [0.1, 0.15) is 12.5 Å². The van der Waals surface area contributed by atoms with Gasteiger partial charge in [-0.15, -0.1) is 0 Å². The van der Waals surface area contributed by atoms with Crippen LogP contribution in [-0.4, -0.2) is 26.1 Å². The molecule has 0 fully saturated rings. The normalized spacial score (nSPS) is 10.5. The fourth-order valence-corrected chi connectivity index (χ4v) is 2.44. The van der Waals surface area contributed by atoms with Crippen LogP contribution in [-0.2, 0) is 9.59 Å². The van der Waals surface area contributed by atoms with Gasteiger partial charge >= 0.3 is 5.97 Å². The van der Waals surface area contributed by atoms with E-state index in [1.165, 1.54) is 27.2 Å². The van der Waals surface area contributed by atoms with E-state index in [4.69, 9.17) is 25.8 Å². The minimum absolute atomic E-state index is 0.277. The fraction of sp³-hybridized carbons (Fsp3) is 0.158. The maximum absolute atomic E-state index is 12.1. The molecule has 0 aliphatic heterocycles. The molecule has 2 aromatic carbocycles. The van der Waals surface area contributed by atoms with Crippen molar-refractivity contribution in [1.82, 2.24) is 0 Å². The summed E-state index contributed by atoms with van der Waals surface area (Å²) < 4.78 is 15.4. The van der Waals surface area contributed by atoms with Crippen molar-refractivity contribution < 1.29 is 23.8 Å². The minimum Gasteiger partial charge on any atom is -0.493 e. The Balaban J connectivity index is 2.15.